The smallest absolute Gasteiger partial charge is 0.320 e. The number of urea groups is 1. The van der Waals surface area contributed by atoms with E-state index in [1.54, 1.807) is 34.1 Å². The van der Waals surface area contributed by atoms with Crippen LogP contribution in [0.4, 0.5) is 4.79 Å². The molecule has 2 N–H and O–H groups in total. The minimum Gasteiger partial charge on any atom is -0.481 e. The summed E-state index contributed by atoms with van der Waals surface area (Å²) < 4.78 is 0. The molecule has 4 rings (SSSR count). The van der Waals surface area contributed by atoms with Gasteiger partial charge < -0.3 is 25.1 Å². The fourth-order valence-corrected chi connectivity index (χ4v) is 5.88. The molecule has 2 heterocycles. The summed E-state index contributed by atoms with van der Waals surface area (Å²) in [5.74, 6) is -1.35. The average molecular weight is 562 g/mol. The van der Waals surface area contributed by atoms with Gasteiger partial charge >= 0.3 is 12.0 Å². The highest BCUT2D eigenvalue weighted by atomic mass is 35.5. The van der Waals surface area contributed by atoms with E-state index in [-0.39, 0.29) is 37.4 Å². The van der Waals surface area contributed by atoms with Crippen molar-refractivity contribution in [1.82, 2.24) is 20.0 Å². The molecule has 10 heteroatoms. The normalized spacial score (nSPS) is 20.1. The van der Waals surface area contributed by atoms with E-state index >= 15 is 0 Å². The van der Waals surface area contributed by atoms with Crippen molar-refractivity contribution in [3.05, 3.63) is 69.2 Å². The predicted octanol–water partition coefficient (Wildman–Crippen LogP) is 4.74. The van der Waals surface area contributed by atoms with Gasteiger partial charge in [-0.25, -0.2) is 4.79 Å². The lowest BCUT2D eigenvalue weighted by molar-refractivity contribution is -0.138. The second-order valence-electron chi connectivity index (χ2n) is 10.2. The lowest BCUT2D eigenvalue weighted by atomic mass is 9.99. The van der Waals surface area contributed by atoms with E-state index in [0.29, 0.717) is 41.3 Å². The number of hydrogen-bond acceptors (Lipinski definition) is 4. The largest absolute Gasteiger partial charge is 0.481 e. The number of rotatable bonds is 10. The van der Waals surface area contributed by atoms with Crippen molar-refractivity contribution in [3.63, 3.8) is 0 Å². The maximum atomic E-state index is 13.5. The third-order valence-corrected chi connectivity index (χ3v) is 7.98. The lowest BCUT2D eigenvalue weighted by Crippen LogP contribution is -2.53. The molecule has 2 aliphatic rings. The van der Waals surface area contributed by atoms with E-state index < -0.39 is 5.97 Å². The van der Waals surface area contributed by atoms with E-state index in [2.05, 4.69) is 17.3 Å². The molecular weight excluding hydrogens is 527 g/mol. The van der Waals surface area contributed by atoms with Gasteiger partial charge in [0.25, 0.3) is 5.91 Å². The number of hydrogen-bond donors (Lipinski definition) is 2. The number of benzene rings is 2. The van der Waals surface area contributed by atoms with Crippen LogP contribution in [0.2, 0.25) is 10.0 Å². The zero-order chi connectivity index (χ0) is 27.2. The van der Waals surface area contributed by atoms with E-state index in [1.807, 2.05) is 18.2 Å². The van der Waals surface area contributed by atoms with Gasteiger partial charge in [-0.2, -0.15) is 0 Å². The van der Waals surface area contributed by atoms with Gasteiger partial charge in [0.2, 0.25) is 0 Å². The molecular formula is C28H34Cl2N4O4. The zero-order valence-electron chi connectivity index (χ0n) is 21.5. The van der Waals surface area contributed by atoms with Crippen LogP contribution in [0.5, 0.6) is 0 Å². The van der Waals surface area contributed by atoms with Crippen molar-refractivity contribution >= 4 is 41.1 Å². The Morgan fingerprint density at radius 1 is 1.05 bits per heavy atom. The van der Waals surface area contributed by atoms with Crippen LogP contribution in [0.15, 0.2) is 42.5 Å². The standard InChI is InChI=1S/C28H34Cl2N4O4/c1-32-12-4-6-23(32)10-11-31-27(37)24-7-3-2-5-20(24)17-33-15-19(13-26(35)36)16-34(28(33)38)18-21-8-9-22(29)14-25(21)30/h2-3,5,7-9,14,19,23H,4,6,10-13,15-18H2,1H3,(H,31,37)(H,35,36). The van der Waals surface area contributed by atoms with Crippen LogP contribution in [-0.2, 0) is 17.9 Å². The number of carboxylic acid groups (broad SMARTS) is 1. The van der Waals surface area contributed by atoms with Gasteiger partial charge in [0.05, 0.1) is 6.42 Å². The predicted molar refractivity (Wildman–Crippen MR) is 147 cm³/mol. The summed E-state index contributed by atoms with van der Waals surface area (Å²) in [6.07, 6.45) is 3.17. The molecule has 0 aromatic heterocycles. The van der Waals surface area contributed by atoms with Gasteiger partial charge in [0, 0.05) is 60.3 Å². The van der Waals surface area contributed by atoms with Crippen LogP contribution in [0.1, 0.15) is 47.2 Å². The van der Waals surface area contributed by atoms with Crippen molar-refractivity contribution in [2.75, 3.05) is 33.2 Å². The minimum absolute atomic E-state index is 0.0631. The first-order valence-electron chi connectivity index (χ1n) is 13.0. The van der Waals surface area contributed by atoms with Crippen LogP contribution in [0, 0.1) is 5.92 Å². The summed E-state index contributed by atoms with van der Waals surface area (Å²) in [7, 11) is 2.12. The van der Waals surface area contributed by atoms with E-state index in [0.717, 1.165) is 30.5 Å². The Morgan fingerprint density at radius 3 is 2.42 bits per heavy atom. The molecule has 2 atom stereocenters. The number of nitrogens with one attached hydrogen (secondary N) is 1. The topological polar surface area (TPSA) is 93.2 Å². The highest BCUT2D eigenvalue weighted by Crippen LogP contribution is 2.27. The molecule has 0 bridgehead atoms. The Balaban J connectivity index is 1.47. The van der Waals surface area contributed by atoms with Crippen LogP contribution < -0.4 is 5.32 Å². The van der Waals surface area contributed by atoms with Crippen molar-refractivity contribution in [1.29, 1.82) is 0 Å². The second-order valence-corrected chi connectivity index (χ2v) is 11.1. The summed E-state index contributed by atoms with van der Waals surface area (Å²) in [6, 6.07) is 12.6. The molecule has 0 spiro atoms. The quantitative estimate of drug-likeness (QED) is 0.438. The first-order chi connectivity index (χ1) is 18.2. The van der Waals surface area contributed by atoms with Crippen molar-refractivity contribution in [2.24, 2.45) is 5.92 Å². The highest BCUT2D eigenvalue weighted by molar-refractivity contribution is 6.35. The van der Waals surface area contributed by atoms with Crippen molar-refractivity contribution in [2.45, 2.75) is 44.8 Å². The minimum atomic E-state index is -0.915. The van der Waals surface area contributed by atoms with Crippen LogP contribution in [0.25, 0.3) is 0 Å². The molecule has 2 fully saturated rings. The summed E-state index contributed by atoms with van der Waals surface area (Å²) >= 11 is 12.4. The Bertz CT molecular complexity index is 1180. The molecule has 2 aromatic rings. The molecule has 2 aromatic carbocycles. The first kappa shape index (κ1) is 28.2. The zero-order valence-corrected chi connectivity index (χ0v) is 23.0. The Kier molecular flexibility index (Phi) is 9.52. The van der Waals surface area contributed by atoms with Crippen LogP contribution in [0.3, 0.4) is 0 Å². The maximum Gasteiger partial charge on any atom is 0.320 e. The lowest BCUT2D eigenvalue weighted by Gasteiger charge is -2.40. The molecule has 0 radical (unpaired) electrons. The Hall–Kier alpha value is -2.81. The van der Waals surface area contributed by atoms with Crippen molar-refractivity contribution < 1.29 is 19.5 Å². The van der Waals surface area contributed by atoms with Gasteiger partial charge in [0.15, 0.2) is 0 Å². The molecule has 2 aliphatic heterocycles. The average Bonchev–Trinajstić information content (AvgIpc) is 3.28. The number of amides is 3. The monoisotopic (exact) mass is 560 g/mol. The summed E-state index contributed by atoms with van der Waals surface area (Å²) in [6.45, 7) is 2.71. The summed E-state index contributed by atoms with van der Waals surface area (Å²) in [5.41, 5.74) is 1.97. The molecule has 204 valence electrons. The highest BCUT2D eigenvalue weighted by Gasteiger charge is 2.34. The van der Waals surface area contributed by atoms with Crippen LogP contribution >= 0.6 is 23.2 Å². The van der Waals surface area contributed by atoms with E-state index in [4.69, 9.17) is 23.2 Å². The molecule has 2 unspecified atom stereocenters. The Morgan fingerprint density at radius 2 is 1.76 bits per heavy atom. The number of carbonyl (C=O) groups excluding carboxylic acids is 2. The molecule has 38 heavy (non-hydrogen) atoms. The van der Waals surface area contributed by atoms with Crippen LogP contribution in [-0.4, -0.2) is 77.0 Å². The van der Waals surface area contributed by atoms with Crippen molar-refractivity contribution in [3.8, 4) is 0 Å². The molecule has 8 nitrogen and oxygen atoms in total. The molecule has 3 amide bonds. The molecule has 2 saturated heterocycles. The second kappa shape index (κ2) is 12.8. The fraction of sp³-hybridized carbons (Fsp3) is 0.464. The third kappa shape index (κ3) is 7.18. The summed E-state index contributed by atoms with van der Waals surface area (Å²) in [5, 5.41) is 13.4. The number of carbonyl (C=O) groups is 3. The molecule has 0 aliphatic carbocycles. The first-order valence-corrected chi connectivity index (χ1v) is 13.7. The van der Waals surface area contributed by atoms with Gasteiger partial charge in [-0.3, -0.25) is 9.59 Å². The van der Waals surface area contributed by atoms with Gasteiger partial charge in [-0.05, 0) is 62.2 Å². The third-order valence-electron chi connectivity index (χ3n) is 7.40. The van der Waals surface area contributed by atoms with E-state index in [9.17, 15) is 19.5 Å². The van der Waals surface area contributed by atoms with Gasteiger partial charge in [0.1, 0.15) is 0 Å². The number of halogens is 2. The number of aliphatic carboxylic acids is 1. The fourth-order valence-electron chi connectivity index (χ4n) is 5.41. The SMILES string of the molecule is CN1CCCC1CCNC(=O)c1ccccc1CN1CC(CC(=O)O)CN(Cc2ccc(Cl)cc2Cl)C1=O. The number of likely N-dealkylation sites (tertiary alicyclic amines) is 1. The maximum absolute atomic E-state index is 13.5. The van der Waals surface area contributed by atoms with Gasteiger partial charge in [-0.1, -0.05) is 47.5 Å². The molecule has 0 saturated carbocycles. The number of carboxylic acids is 1. The Labute approximate surface area is 233 Å². The van der Waals surface area contributed by atoms with E-state index in [1.165, 1.54) is 6.42 Å². The number of nitrogens with zero attached hydrogens (tertiary/aromatic N) is 3. The summed E-state index contributed by atoms with van der Waals surface area (Å²) in [4.78, 5) is 43.7. The van der Waals surface area contributed by atoms with Gasteiger partial charge in [-0.15, -0.1) is 0 Å².